The number of ether oxygens (including phenoxy) is 3. The molecule has 5 heteroatoms. The van der Waals surface area contributed by atoms with Gasteiger partial charge in [-0.15, -0.1) is 0 Å². The van der Waals surface area contributed by atoms with Crippen LogP contribution in [0.5, 0.6) is 5.75 Å². The number of rotatable bonds is 12. The lowest BCUT2D eigenvalue weighted by molar-refractivity contribution is -0.0333. The number of imidazole rings is 1. The van der Waals surface area contributed by atoms with Crippen molar-refractivity contribution >= 4 is 0 Å². The van der Waals surface area contributed by atoms with Crippen LogP contribution in [0.2, 0.25) is 0 Å². The summed E-state index contributed by atoms with van der Waals surface area (Å²) in [7, 11) is 1.67. The zero-order valence-electron chi connectivity index (χ0n) is 14.7. The van der Waals surface area contributed by atoms with Crippen molar-refractivity contribution in [1.29, 1.82) is 0 Å². The molecule has 2 rings (SSSR count). The summed E-state index contributed by atoms with van der Waals surface area (Å²) in [6.45, 7) is 4.88. The summed E-state index contributed by atoms with van der Waals surface area (Å²) in [5, 5.41) is 0. The summed E-state index contributed by atoms with van der Waals surface area (Å²) < 4.78 is 19.1. The molecule has 5 nitrogen and oxygen atoms in total. The van der Waals surface area contributed by atoms with Crippen LogP contribution in [0.25, 0.3) is 0 Å². The average molecular weight is 332 g/mol. The van der Waals surface area contributed by atoms with E-state index in [4.69, 9.17) is 14.2 Å². The molecule has 0 N–H and O–H groups in total. The molecular formula is C19H28N2O3. The van der Waals surface area contributed by atoms with Gasteiger partial charge >= 0.3 is 0 Å². The van der Waals surface area contributed by atoms with Gasteiger partial charge in [-0.1, -0.05) is 31.9 Å². The van der Waals surface area contributed by atoms with Crippen molar-refractivity contribution in [1.82, 2.24) is 9.55 Å². The van der Waals surface area contributed by atoms with Crippen LogP contribution in [0.15, 0.2) is 43.0 Å². The number of hydrogen-bond acceptors (Lipinski definition) is 4. The predicted molar refractivity (Wildman–Crippen MR) is 94.1 cm³/mol. The first-order valence-corrected chi connectivity index (χ1v) is 8.59. The number of nitrogens with zero attached hydrogens (tertiary/aromatic N) is 2. The largest absolute Gasteiger partial charge is 0.497 e. The molecule has 0 aliphatic carbocycles. The van der Waals surface area contributed by atoms with E-state index < -0.39 is 0 Å². The number of hydrogen-bond donors (Lipinski definition) is 0. The maximum absolute atomic E-state index is 6.07. The van der Waals surface area contributed by atoms with E-state index in [0.717, 1.165) is 30.9 Å². The number of unbranched alkanes of at least 4 members (excludes halogenated alkanes) is 2. The van der Waals surface area contributed by atoms with Crippen molar-refractivity contribution in [3.63, 3.8) is 0 Å². The fourth-order valence-electron chi connectivity index (χ4n) is 2.39. The molecule has 1 aromatic heterocycles. The van der Waals surface area contributed by atoms with Crippen LogP contribution in [0.3, 0.4) is 0 Å². The van der Waals surface area contributed by atoms with E-state index in [1.165, 1.54) is 12.8 Å². The predicted octanol–water partition coefficient (Wildman–Crippen LogP) is 3.68. The van der Waals surface area contributed by atoms with E-state index >= 15 is 0 Å². The normalized spacial score (nSPS) is 12.2. The zero-order chi connectivity index (χ0) is 17.0. The Labute approximate surface area is 144 Å². The van der Waals surface area contributed by atoms with Crippen LogP contribution in [-0.2, 0) is 22.6 Å². The Morgan fingerprint density at radius 1 is 1.17 bits per heavy atom. The molecule has 0 aliphatic rings. The van der Waals surface area contributed by atoms with Gasteiger partial charge in [0.1, 0.15) is 5.75 Å². The third kappa shape index (κ3) is 6.72. The van der Waals surface area contributed by atoms with Crippen LogP contribution in [-0.4, -0.2) is 36.0 Å². The van der Waals surface area contributed by atoms with E-state index in [0.29, 0.717) is 13.2 Å². The van der Waals surface area contributed by atoms with E-state index in [-0.39, 0.29) is 6.10 Å². The van der Waals surface area contributed by atoms with E-state index in [1.54, 1.807) is 19.6 Å². The van der Waals surface area contributed by atoms with Gasteiger partial charge in [0.25, 0.3) is 0 Å². The summed E-state index contributed by atoms with van der Waals surface area (Å²) in [6.07, 6.45) is 9.05. The third-order valence-electron chi connectivity index (χ3n) is 3.81. The second-order valence-corrected chi connectivity index (χ2v) is 5.82. The molecule has 0 amide bonds. The lowest BCUT2D eigenvalue weighted by Gasteiger charge is -2.19. The minimum atomic E-state index is 0.00271. The third-order valence-corrected chi connectivity index (χ3v) is 3.81. The highest BCUT2D eigenvalue weighted by molar-refractivity contribution is 5.26. The molecular weight excluding hydrogens is 304 g/mol. The molecule has 0 bridgehead atoms. The van der Waals surface area contributed by atoms with E-state index in [1.807, 2.05) is 35.0 Å². The van der Waals surface area contributed by atoms with Crippen LogP contribution in [0.1, 0.15) is 31.7 Å². The number of methoxy groups -OCH3 is 1. The Morgan fingerprint density at radius 3 is 2.67 bits per heavy atom. The molecule has 132 valence electrons. The van der Waals surface area contributed by atoms with Gasteiger partial charge in [-0.2, -0.15) is 0 Å². The van der Waals surface area contributed by atoms with Crippen LogP contribution in [0.4, 0.5) is 0 Å². The maximum Gasteiger partial charge on any atom is 0.118 e. The molecule has 1 unspecified atom stereocenters. The highest BCUT2D eigenvalue weighted by Crippen LogP contribution is 2.13. The summed E-state index contributed by atoms with van der Waals surface area (Å²) in [5.74, 6) is 0.855. The van der Waals surface area contributed by atoms with Crippen molar-refractivity contribution in [3.05, 3.63) is 48.5 Å². The zero-order valence-corrected chi connectivity index (χ0v) is 14.7. The lowest BCUT2D eigenvalue weighted by atomic mass is 10.2. The Kier molecular flexibility index (Phi) is 8.35. The van der Waals surface area contributed by atoms with Gasteiger partial charge < -0.3 is 18.8 Å². The fraction of sp³-hybridized carbons (Fsp3) is 0.526. The highest BCUT2D eigenvalue weighted by Gasteiger charge is 2.11. The first-order chi connectivity index (χ1) is 11.8. The molecule has 0 saturated heterocycles. The smallest absolute Gasteiger partial charge is 0.118 e. The summed E-state index contributed by atoms with van der Waals surface area (Å²) in [4.78, 5) is 4.09. The van der Waals surface area contributed by atoms with Gasteiger partial charge in [0, 0.05) is 19.0 Å². The lowest BCUT2D eigenvalue weighted by Crippen LogP contribution is -2.25. The minimum absolute atomic E-state index is 0.00271. The molecule has 0 spiro atoms. The first kappa shape index (κ1) is 18.5. The van der Waals surface area contributed by atoms with Gasteiger partial charge in [0.05, 0.1) is 39.3 Å². The van der Waals surface area contributed by atoms with E-state index in [9.17, 15) is 0 Å². The van der Waals surface area contributed by atoms with Crippen molar-refractivity contribution in [3.8, 4) is 5.75 Å². The second kappa shape index (κ2) is 10.8. The molecule has 1 atom stereocenters. The minimum Gasteiger partial charge on any atom is -0.497 e. The van der Waals surface area contributed by atoms with Gasteiger partial charge in [0.2, 0.25) is 0 Å². The monoisotopic (exact) mass is 332 g/mol. The average Bonchev–Trinajstić information content (AvgIpc) is 3.12. The molecule has 1 aromatic carbocycles. The van der Waals surface area contributed by atoms with Crippen molar-refractivity contribution in [2.24, 2.45) is 0 Å². The number of benzene rings is 1. The second-order valence-electron chi connectivity index (χ2n) is 5.82. The fourth-order valence-corrected chi connectivity index (χ4v) is 2.39. The van der Waals surface area contributed by atoms with E-state index in [2.05, 4.69) is 11.9 Å². The molecule has 0 saturated carbocycles. The molecule has 0 fully saturated rings. The Morgan fingerprint density at radius 2 is 2.00 bits per heavy atom. The van der Waals surface area contributed by atoms with Gasteiger partial charge in [-0.3, -0.25) is 0 Å². The first-order valence-electron chi connectivity index (χ1n) is 8.59. The molecule has 0 aliphatic heterocycles. The molecule has 1 heterocycles. The topological polar surface area (TPSA) is 45.5 Å². The summed E-state index contributed by atoms with van der Waals surface area (Å²) in [5.41, 5.74) is 1.12. The molecule has 2 aromatic rings. The van der Waals surface area contributed by atoms with Gasteiger partial charge in [-0.25, -0.2) is 4.98 Å². The van der Waals surface area contributed by atoms with Crippen molar-refractivity contribution < 1.29 is 14.2 Å². The summed E-state index contributed by atoms with van der Waals surface area (Å²) in [6, 6.07) is 7.94. The molecule has 0 radical (unpaired) electrons. The standard InChI is InChI=1S/C19H28N2O3/c1-3-4-5-12-23-15-19(13-21-11-10-20-16-21)24-14-17-6-8-18(22-2)9-7-17/h6-11,16,19H,3-5,12-15H2,1-2H3. The van der Waals surface area contributed by atoms with Crippen LogP contribution in [0, 0.1) is 0 Å². The van der Waals surface area contributed by atoms with Gasteiger partial charge in [-0.05, 0) is 24.1 Å². The SMILES string of the molecule is CCCCCOCC(Cn1ccnc1)OCc1ccc(OC)cc1. The summed E-state index contributed by atoms with van der Waals surface area (Å²) >= 11 is 0. The Balaban J connectivity index is 1.81. The van der Waals surface area contributed by atoms with Gasteiger partial charge in [0.15, 0.2) is 0 Å². The number of aromatic nitrogens is 2. The maximum atomic E-state index is 6.07. The quantitative estimate of drug-likeness (QED) is 0.556. The van der Waals surface area contributed by atoms with Crippen LogP contribution >= 0.6 is 0 Å². The highest BCUT2D eigenvalue weighted by atomic mass is 16.5. The Hall–Kier alpha value is -1.85. The Bertz CT molecular complexity index is 540. The van der Waals surface area contributed by atoms with Crippen molar-refractivity contribution in [2.45, 2.75) is 45.4 Å². The van der Waals surface area contributed by atoms with Crippen molar-refractivity contribution in [2.75, 3.05) is 20.3 Å². The van der Waals surface area contributed by atoms with Crippen LogP contribution < -0.4 is 4.74 Å². The molecule has 24 heavy (non-hydrogen) atoms.